The lowest BCUT2D eigenvalue weighted by Crippen LogP contribution is -2.52. The number of carbonyl (C=O) groups excluding carboxylic acids is 2. The smallest absolute Gasteiger partial charge is 0.298 e. The maximum atomic E-state index is 12.6. The van der Waals surface area contributed by atoms with Gasteiger partial charge >= 0.3 is 0 Å². The Hall–Kier alpha value is -3.33. The topological polar surface area (TPSA) is 139 Å². The van der Waals surface area contributed by atoms with Crippen LogP contribution in [0.15, 0.2) is 42.2 Å². The largest absolute Gasteiger partial charge is 0.382 e. The van der Waals surface area contributed by atoms with Gasteiger partial charge in [-0.3, -0.25) is 9.59 Å². The number of rotatable bonds is 2. The van der Waals surface area contributed by atoms with Gasteiger partial charge in [-0.1, -0.05) is 24.1 Å². The van der Waals surface area contributed by atoms with E-state index >= 15 is 0 Å². The van der Waals surface area contributed by atoms with Gasteiger partial charge in [0.05, 0.1) is 5.54 Å². The fourth-order valence-corrected chi connectivity index (χ4v) is 4.08. The van der Waals surface area contributed by atoms with E-state index in [0.29, 0.717) is 29.2 Å². The number of likely N-dealkylation sites (tertiary alicyclic amines) is 1. The molecule has 4 rings (SSSR count). The lowest BCUT2D eigenvalue weighted by Gasteiger charge is -2.38. The predicted octanol–water partition coefficient (Wildman–Crippen LogP) is 0.875. The van der Waals surface area contributed by atoms with Crippen molar-refractivity contribution >= 4 is 45.9 Å². The van der Waals surface area contributed by atoms with Crippen molar-refractivity contribution in [3.8, 4) is 11.8 Å². The van der Waals surface area contributed by atoms with Crippen LogP contribution in [0.25, 0.3) is 0 Å². The number of nitrogen functional groups attached to an aromatic ring is 2. The lowest BCUT2D eigenvalue weighted by atomic mass is 9.88. The highest BCUT2D eigenvalue weighted by Gasteiger charge is 2.39. The van der Waals surface area contributed by atoms with Crippen molar-refractivity contribution < 1.29 is 9.59 Å². The summed E-state index contributed by atoms with van der Waals surface area (Å²) in [5.74, 6) is 5.90. The van der Waals surface area contributed by atoms with Gasteiger partial charge in [-0.05, 0) is 47.6 Å². The number of piperidine rings is 1. The van der Waals surface area contributed by atoms with Gasteiger partial charge in [-0.25, -0.2) is 9.97 Å². The van der Waals surface area contributed by atoms with Crippen LogP contribution in [0.2, 0.25) is 0 Å². The van der Waals surface area contributed by atoms with Crippen LogP contribution in [-0.2, 0) is 4.79 Å². The van der Waals surface area contributed by atoms with E-state index in [0.717, 1.165) is 18.4 Å². The monoisotopic (exact) mass is 543 g/mol. The quantitative estimate of drug-likeness (QED) is 0.190. The summed E-state index contributed by atoms with van der Waals surface area (Å²) in [6.07, 6.45) is 2.92. The Morgan fingerprint density at radius 3 is 2.56 bits per heavy atom. The molecule has 1 aromatic carbocycles. The van der Waals surface area contributed by atoms with Gasteiger partial charge in [0.15, 0.2) is 17.3 Å². The Bertz CT molecular complexity index is 1150. The number of allylic oxidation sites excluding steroid dienone is 1. The molecule has 1 spiro atoms. The number of nitrogens with one attached hydrogen (secondary N) is 2. The van der Waals surface area contributed by atoms with Crippen molar-refractivity contribution in [2.24, 2.45) is 0 Å². The van der Waals surface area contributed by atoms with E-state index in [4.69, 9.17) is 11.5 Å². The fraction of sp³-hybridized carbons (Fsp3) is 0.273. The van der Waals surface area contributed by atoms with Gasteiger partial charge < -0.3 is 27.0 Å². The predicted molar refractivity (Wildman–Crippen MR) is 129 cm³/mol. The zero-order valence-corrected chi connectivity index (χ0v) is 19.3. The third-order valence-electron chi connectivity index (χ3n) is 5.53. The number of aromatic nitrogens is 2. The molecule has 1 aromatic heterocycles. The lowest BCUT2D eigenvalue weighted by molar-refractivity contribution is -0.126. The molecular formula is C22H22IN7O2. The molecule has 0 unspecified atom stereocenters. The van der Waals surface area contributed by atoms with Gasteiger partial charge in [-0.2, -0.15) is 0 Å². The molecule has 32 heavy (non-hydrogen) atoms. The molecule has 164 valence electrons. The SMILES string of the molecule is Nc1nc(N)c(C(=O)/C=C2\NCC3(CCN(C(=O)C#Cc4ccccc4)CC3)N2)nc1I. The standard InChI is InChI=1S/C22H22IN7O2/c23-19-21(25)28-20(24)18(27-19)15(31)12-16-26-13-22(29-16)8-10-30(11-9-22)17(32)7-6-14-4-2-1-3-5-14/h1-5,12,26,29H,8-11,13H2,(H4,24,25,28)/b16-12+. The molecule has 2 aromatic rings. The van der Waals surface area contributed by atoms with Crippen LogP contribution in [0.5, 0.6) is 0 Å². The van der Waals surface area contributed by atoms with Crippen molar-refractivity contribution in [3.05, 3.63) is 57.2 Å². The van der Waals surface area contributed by atoms with Gasteiger partial charge in [0.1, 0.15) is 9.52 Å². The van der Waals surface area contributed by atoms with Crippen molar-refractivity contribution in [1.82, 2.24) is 25.5 Å². The summed E-state index contributed by atoms with van der Waals surface area (Å²) in [4.78, 5) is 35.0. The summed E-state index contributed by atoms with van der Waals surface area (Å²) < 4.78 is 0.426. The Morgan fingerprint density at radius 2 is 1.84 bits per heavy atom. The zero-order valence-electron chi connectivity index (χ0n) is 17.2. The first-order valence-electron chi connectivity index (χ1n) is 10.1. The summed E-state index contributed by atoms with van der Waals surface area (Å²) in [5, 5.41) is 6.65. The number of hydrogen-bond acceptors (Lipinski definition) is 8. The van der Waals surface area contributed by atoms with Crippen LogP contribution < -0.4 is 22.1 Å². The summed E-state index contributed by atoms with van der Waals surface area (Å²) in [6, 6.07) is 9.44. The molecule has 2 fully saturated rings. The fourth-order valence-electron chi connectivity index (χ4n) is 3.71. The molecule has 0 aliphatic carbocycles. The van der Waals surface area contributed by atoms with Crippen LogP contribution in [0.3, 0.4) is 0 Å². The first-order valence-corrected chi connectivity index (χ1v) is 11.2. The molecule has 6 N–H and O–H groups in total. The van der Waals surface area contributed by atoms with Crippen LogP contribution in [-0.4, -0.2) is 51.7 Å². The van der Waals surface area contributed by atoms with E-state index in [1.165, 1.54) is 6.08 Å². The number of anilines is 2. The normalized spacial score (nSPS) is 17.9. The Balaban J connectivity index is 1.37. The highest BCUT2D eigenvalue weighted by atomic mass is 127. The van der Waals surface area contributed by atoms with Gasteiger partial charge in [0.25, 0.3) is 5.91 Å². The van der Waals surface area contributed by atoms with Gasteiger partial charge in [0, 0.05) is 37.2 Å². The number of nitrogens with zero attached hydrogens (tertiary/aromatic N) is 3. The highest BCUT2D eigenvalue weighted by molar-refractivity contribution is 14.1. The number of halogens is 1. The third kappa shape index (κ3) is 4.77. The van der Waals surface area contributed by atoms with Gasteiger partial charge in [0.2, 0.25) is 5.78 Å². The van der Waals surface area contributed by atoms with E-state index in [1.807, 2.05) is 52.9 Å². The second-order valence-electron chi connectivity index (χ2n) is 7.72. The Labute approximate surface area is 199 Å². The molecule has 0 bridgehead atoms. The van der Waals surface area contributed by atoms with Crippen LogP contribution in [0.4, 0.5) is 11.6 Å². The van der Waals surface area contributed by atoms with Gasteiger partial charge in [-0.15, -0.1) is 0 Å². The molecule has 2 saturated heterocycles. The van der Waals surface area contributed by atoms with E-state index in [1.54, 1.807) is 4.90 Å². The minimum Gasteiger partial charge on any atom is -0.382 e. The zero-order chi connectivity index (χ0) is 22.7. The summed E-state index contributed by atoms with van der Waals surface area (Å²) in [6.45, 7) is 1.84. The second kappa shape index (κ2) is 9.04. The minimum atomic E-state index is -0.358. The number of carbonyl (C=O) groups is 2. The van der Waals surface area contributed by atoms with E-state index in [2.05, 4.69) is 32.4 Å². The molecule has 2 aliphatic rings. The molecule has 0 saturated carbocycles. The summed E-state index contributed by atoms with van der Waals surface area (Å²) in [7, 11) is 0. The third-order valence-corrected chi connectivity index (χ3v) is 6.32. The first kappa shape index (κ1) is 21.9. The van der Waals surface area contributed by atoms with Crippen molar-refractivity contribution in [1.29, 1.82) is 0 Å². The number of ketones is 1. The highest BCUT2D eigenvalue weighted by Crippen LogP contribution is 2.27. The maximum absolute atomic E-state index is 12.6. The van der Waals surface area contributed by atoms with Crippen LogP contribution in [0, 0.1) is 15.5 Å². The molecule has 0 atom stereocenters. The average molecular weight is 543 g/mol. The van der Waals surface area contributed by atoms with Crippen molar-refractivity contribution in [2.75, 3.05) is 31.1 Å². The number of hydrogen-bond donors (Lipinski definition) is 4. The number of benzene rings is 1. The molecule has 9 nitrogen and oxygen atoms in total. The van der Waals surface area contributed by atoms with E-state index in [9.17, 15) is 9.59 Å². The molecule has 10 heteroatoms. The maximum Gasteiger partial charge on any atom is 0.298 e. The van der Waals surface area contributed by atoms with Crippen LogP contribution >= 0.6 is 22.6 Å². The molecule has 1 amide bonds. The molecule has 0 radical (unpaired) electrons. The van der Waals surface area contributed by atoms with E-state index < -0.39 is 0 Å². The van der Waals surface area contributed by atoms with Crippen LogP contribution in [0.1, 0.15) is 28.9 Å². The molecular weight excluding hydrogens is 521 g/mol. The average Bonchev–Trinajstić information content (AvgIpc) is 3.17. The molecule has 3 heterocycles. The molecule has 2 aliphatic heterocycles. The van der Waals surface area contributed by atoms with Crippen molar-refractivity contribution in [2.45, 2.75) is 18.4 Å². The first-order chi connectivity index (χ1) is 15.3. The number of amides is 1. The minimum absolute atomic E-state index is 0.000842. The summed E-state index contributed by atoms with van der Waals surface area (Å²) in [5.41, 5.74) is 12.2. The van der Waals surface area contributed by atoms with Crippen molar-refractivity contribution in [3.63, 3.8) is 0 Å². The Morgan fingerprint density at radius 1 is 1.12 bits per heavy atom. The number of nitrogens with two attached hydrogens (primary N) is 2. The van der Waals surface area contributed by atoms with E-state index in [-0.39, 0.29) is 34.6 Å². The summed E-state index contributed by atoms with van der Waals surface area (Å²) >= 11 is 1.91. The Kier molecular flexibility index (Phi) is 6.18. The second-order valence-corrected chi connectivity index (χ2v) is 8.74.